The SMILES string of the molecule is COc1ccc(C2CN(C)Cc3c2ccc(OCCCN2CC[C@@H](N(C)C)C2)c3C)cc1. The minimum absolute atomic E-state index is 0.377. The fraction of sp³-hybridized carbons (Fsp3) is 0.556. The third kappa shape index (κ3) is 5.11. The third-order valence-corrected chi connectivity index (χ3v) is 7.25. The molecular weight excluding hydrogens is 398 g/mol. The van der Waals surface area contributed by atoms with Crippen molar-refractivity contribution in [1.82, 2.24) is 14.7 Å². The molecule has 2 aliphatic heterocycles. The van der Waals surface area contributed by atoms with Crippen LogP contribution in [0.15, 0.2) is 36.4 Å². The van der Waals surface area contributed by atoms with Crippen molar-refractivity contribution in [2.75, 3.05) is 61.0 Å². The number of ether oxygens (including phenoxy) is 2. The van der Waals surface area contributed by atoms with E-state index in [0.717, 1.165) is 44.2 Å². The van der Waals surface area contributed by atoms with Crippen molar-refractivity contribution in [2.45, 2.75) is 38.3 Å². The van der Waals surface area contributed by atoms with Gasteiger partial charge in [0.05, 0.1) is 13.7 Å². The summed E-state index contributed by atoms with van der Waals surface area (Å²) in [6.07, 6.45) is 2.35. The summed E-state index contributed by atoms with van der Waals surface area (Å²) in [5.74, 6) is 2.33. The van der Waals surface area contributed by atoms with Gasteiger partial charge in [0.2, 0.25) is 0 Å². The number of benzene rings is 2. The Morgan fingerprint density at radius 2 is 1.84 bits per heavy atom. The zero-order valence-corrected chi connectivity index (χ0v) is 20.4. The molecule has 0 aromatic heterocycles. The fourth-order valence-corrected chi connectivity index (χ4v) is 5.22. The molecule has 2 aromatic carbocycles. The lowest BCUT2D eigenvalue weighted by Gasteiger charge is -2.34. The average Bonchev–Trinajstić information content (AvgIpc) is 3.27. The van der Waals surface area contributed by atoms with E-state index in [-0.39, 0.29) is 0 Å². The van der Waals surface area contributed by atoms with Crippen LogP contribution in [0.5, 0.6) is 11.5 Å². The second kappa shape index (κ2) is 10.2. The molecule has 0 amide bonds. The van der Waals surface area contributed by atoms with Gasteiger partial charge in [0.25, 0.3) is 0 Å². The molecule has 0 spiro atoms. The van der Waals surface area contributed by atoms with Gasteiger partial charge in [-0.25, -0.2) is 0 Å². The van der Waals surface area contributed by atoms with Gasteiger partial charge in [-0.1, -0.05) is 18.2 Å². The molecule has 5 heteroatoms. The molecule has 0 aliphatic carbocycles. The highest BCUT2D eigenvalue weighted by Crippen LogP contribution is 2.38. The van der Waals surface area contributed by atoms with Crippen LogP contribution in [0, 0.1) is 6.92 Å². The molecule has 2 heterocycles. The van der Waals surface area contributed by atoms with Crippen LogP contribution in [0.1, 0.15) is 41.0 Å². The van der Waals surface area contributed by atoms with Gasteiger partial charge in [-0.15, -0.1) is 0 Å². The number of hydrogen-bond acceptors (Lipinski definition) is 5. The Balaban J connectivity index is 1.40. The lowest BCUT2D eigenvalue weighted by atomic mass is 9.83. The van der Waals surface area contributed by atoms with Crippen molar-refractivity contribution in [3.8, 4) is 11.5 Å². The lowest BCUT2D eigenvalue weighted by Crippen LogP contribution is -2.32. The molecule has 1 saturated heterocycles. The minimum Gasteiger partial charge on any atom is -0.497 e. The first-order valence-electron chi connectivity index (χ1n) is 11.9. The molecule has 2 aromatic rings. The van der Waals surface area contributed by atoms with Gasteiger partial charge in [-0.05, 0) is 87.9 Å². The number of nitrogens with zero attached hydrogens (tertiary/aromatic N) is 3. The summed E-state index contributed by atoms with van der Waals surface area (Å²) < 4.78 is 11.6. The van der Waals surface area contributed by atoms with Gasteiger partial charge in [-0.2, -0.15) is 0 Å². The predicted molar refractivity (Wildman–Crippen MR) is 131 cm³/mol. The lowest BCUT2D eigenvalue weighted by molar-refractivity contribution is 0.241. The highest BCUT2D eigenvalue weighted by Gasteiger charge is 2.27. The van der Waals surface area contributed by atoms with E-state index in [1.54, 1.807) is 7.11 Å². The zero-order chi connectivity index (χ0) is 22.7. The summed E-state index contributed by atoms with van der Waals surface area (Å²) >= 11 is 0. The second-order valence-electron chi connectivity index (χ2n) is 9.69. The van der Waals surface area contributed by atoms with Crippen LogP contribution in [0.3, 0.4) is 0 Å². The van der Waals surface area contributed by atoms with E-state index >= 15 is 0 Å². The zero-order valence-electron chi connectivity index (χ0n) is 20.4. The Labute approximate surface area is 193 Å². The maximum atomic E-state index is 6.27. The van der Waals surface area contributed by atoms with E-state index in [9.17, 15) is 0 Å². The Morgan fingerprint density at radius 1 is 1.06 bits per heavy atom. The molecule has 2 atom stereocenters. The summed E-state index contributed by atoms with van der Waals surface area (Å²) in [5.41, 5.74) is 5.49. The van der Waals surface area contributed by atoms with Crippen molar-refractivity contribution in [2.24, 2.45) is 0 Å². The van der Waals surface area contributed by atoms with Crippen molar-refractivity contribution in [3.05, 3.63) is 58.7 Å². The first kappa shape index (κ1) is 23.1. The Bertz CT molecular complexity index is 897. The summed E-state index contributed by atoms with van der Waals surface area (Å²) in [6, 6.07) is 13.7. The second-order valence-corrected chi connectivity index (χ2v) is 9.69. The number of likely N-dealkylation sites (tertiary alicyclic amines) is 1. The maximum Gasteiger partial charge on any atom is 0.122 e. The molecular formula is C27H39N3O2. The molecule has 0 radical (unpaired) electrons. The Morgan fingerprint density at radius 3 is 2.53 bits per heavy atom. The van der Waals surface area contributed by atoms with Gasteiger partial charge in [0.15, 0.2) is 0 Å². The largest absolute Gasteiger partial charge is 0.497 e. The first-order chi connectivity index (χ1) is 15.5. The standard InChI is InChI=1S/C27H39N3O2/c1-20-25-18-29(4)19-26(21-7-9-23(31-5)10-8-21)24(25)11-12-27(20)32-16-6-14-30-15-13-22(17-30)28(2)3/h7-12,22,26H,6,13-19H2,1-5H3/t22-,26?/m1/s1. The summed E-state index contributed by atoms with van der Waals surface area (Å²) in [6.45, 7) is 8.52. The number of fused-ring (bicyclic) bond motifs is 1. The summed E-state index contributed by atoms with van der Waals surface area (Å²) in [7, 11) is 8.30. The molecule has 0 saturated carbocycles. The van der Waals surface area contributed by atoms with Gasteiger partial charge in [0.1, 0.15) is 11.5 Å². The third-order valence-electron chi connectivity index (χ3n) is 7.25. The molecule has 32 heavy (non-hydrogen) atoms. The van der Waals surface area contributed by atoms with Crippen LogP contribution in [0.25, 0.3) is 0 Å². The topological polar surface area (TPSA) is 28.2 Å². The van der Waals surface area contributed by atoms with E-state index in [1.165, 1.54) is 41.8 Å². The highest BCUT2D eigenvalue weighted by molar-refractivity contribution is 5.50. The molecule has 1 unspecified atom stereocenters. The molecule has 4 rings (SSSR count). The summed E-state index contributed by atoms with van der Waals surface area (Å²) in [4.78, 5) is 7.34. The first-order valence-corrected chi connectivity index (χ1v) is 11.9. The van der Waals surface area contributed by atoms with Gasteiger partial charge in [-0.3, -0.25) is 0 Å². The van der Waals surface area contributed by atoms with Crippen molar-refractivity contribution >= 4 is 0 Å². The van der Waals surface area contributed by atoms with Crippen molar-refractivity contribution in [1.29, 1.82) is 0 Å². The molecule has 174 valence electrons. The van der Waals surface area contributed by atoms with E-state index < -0.39 is 0 Å². The number of methoxy groups -OCH3 is 1. The van der Waals surface area contributed by atoms with Gasteiger partial charge >= 0.3 is 0 Å². The molecule has 0 bridgehead atoms. The van der Waals surface area contributed by atoms with Crippen LogP contribution < -0.4 is 9.47 Å². The maximum absolute atomic E-state index is 6.27. The molecule has 1 fully saturated rings. The fourth-order valence-electron chi connectivity index (χ4n) is 5.22. The highest BCUT2D eigenvalue weighted by atomic mass is 16.5. The molecule has 0 N–H and O–H groups in total. The van der Waals surface area contributed by atoms with Gasteiger partial charge < -0.3 is 24.2 Å². The number of likely N-dealkylation sites (N-methyl/N-ethyl adjacent to an activating group) is 2. The van der Waals surface area contributed by atoms with Crippen LogP contribution >= 0.6 is 0 Å². The van der Waals surface area contributed by atoms with Crippen LogP contribution in [0.4, 0.5) is 0 Å². The van der Waals surface area contributed by atoms with Crippen LogP contribution in [-0.2, 0) is 6.54 Å². The average molecular weight is 438 g/mol. The minimum atomic E-state index is 0.377. The van der Waals surface area contributed by atoms with Gasteiger partial charge in [0, 0.05) is 38.1 Å². The smallest absolute Gasteiger partial charge is 0.122 e. The summed E-state index contributed by atoms with van der Waals surface area (Å²) in [5, 5.41) is 0. The Hall–Kier alpha value is -2.08. The molecule has 5 nitrogen and oxygen atoms in total. The monoisotopic (exact) mass is 437 g/mol. The van der Waals surface area contributed by atoms with E-state index in [4.69, 9.17) is 9.47 Å². The van der Waals surface area contributed by atoms with Crippen LogP contribution in [0.2, 0.25) is 0 Å². The van der Waals surface area contributed by atoms with E-state index in [2.05, 4.69) is 79.2 Å². The van der Waals surface area contributed by atoms with Crippen molar-refractivity contribution in [3.63, 3.8) is 0 Å². The van der Waals surface area contributed by atoms with E-state index in [0.29, 0.717) is 12.0 Å². The number of rotatable bonds is 8. The molecule has 2 aliphatic rings. The van der Waals surface area contributed by atoms with Crippen molar-refractivity contribution < 1.29 is 9.47 Å². The Kier molecular flexibility index (Phi) is 7.39. The van der Waals surface area contributed by atoms with E-state index in [1.807, 2.05) is 0 Å². The number of hydrogen-bond donors (Lipinski definition) is 0. The normalized spacial score (nSPS) is 21.7. The quantitative estimate of drug-likeness (QED) is 0.583. The predicted octanol–water partition coefficient (Wildman–Crippen LogP) is 3.99. The van der Waals surface area contributed by atoms with Crippen LogP contribution in [-0.4, -0.2) is 81.8 Å².